The maximum atomic E-state index is 14.2. The summed E-state index contributed by atoms with van der Waals surface area (Å²) in [4.78, 5) is 35.7. The van der Waals surface area contributed by atoms with E-state index in [0.717, 1.165) is 6.07 Å². The molecule has 2 N–H and O–H groups in total. The molecule has 3 heterocycles. The number of benzene rings is 1. The molecule has 3 aromatic rings. The van der Waals surface area contributed by atoms with E-state index >= 15 is 0 Å². The number of fused-ring (bicyclic) bond motifs is 1. The Bertz CT molecular complexity index is 1400. The van der Waals surface area contributed by atoms with Crippen LogP contribution < -0.4 is 10.2 Å². The minimum Gasteiger partial charge on any atom is -0.370 e. The number of carbonyl (C=O) groups excluding carboxylic acids is 2. The Morgan fingerprint density at radius 1 is 1.21 bits per heavy atom. The van der Waals surface area contributed by atoms with Crippen molar-refractivity contribution in [3.8, 4) is 0 Å². The second-order valence-corrected chi connectivity index (χ2v) is 10.5. The van der Waals surface area contributed by atoms with Crippen LogP contribution >= 0.6 is 11.6 Å². The van der Waals surface area contributed by atoms with Gasteiger partial charge in [-0.15, -0.1) is 11.6 Å². The fourth-order valence-electron chi connectivity index (χ4n) is 5.50. The number of alkyl halides is 3. The first-order valence-electron chi connectivity index (χ1n) is 12.5. The van der Waals surface area contributed by atoms with Crippen molar-refractivity contribution in [2.45, 2.75) is 43.2 Å². The van der Waals surface area contributed by atoms with E-state index in [-0.39, 0.29) is 41.9 Å². The van der Waals surface area contributed by atoms with Gasteiger partial charge in [0.2, 0.25) is 12.0 Å². The number of aliphatic hydroxyl groups is 1. The lowest BCUT2D eigenvalue weighted by atomic mass is 9.77. The number of para-hydroxylation sites is 1. The summed E-state index contributed by atoms with van der Waals surface area (Å²) in [7, 11) is 0. The van der Waals surface area contributed by atoms with Gasteiger partial charge in [-0.3, -0.25) is 19.6 Å². The predicted octanol–water partition coefficient (Wildman–Crippen LogP) is 4.20. The zero-order valence-electron chi connectivity index (χ0n) is 20.9. The first-order chi connectivity index (χ1) is 18.6. The van der Waals surface area contributed by atoms with E-state index in [1.165, 1.54) is 30.3 Å². The van der Waals surface area contributed by atoms with Crippen molar-refractivity contribution in [2.75, 3.05) is 11.4 Å². The molecule has 1 fully saturated rings. The molecule has 11 heteroatoms. The van der Waals surface area contributed by atoms with E-state index in [2.05, 4.69) is 15.3 Å². The van der Waals surface area contributed by atoms with Crippen LogP contribution in [0, 0.1) is 24.6 Å². The molecule has 0 saturated heterocycles. The summed E-state index contributed by atoms with van der Waals surface area (Å²) < 4.78 is 42.3. The molecular weight excluding hydrogens is 533 g/mol. The molecule has 204 valence electrons. The lowest BCUT2D eigenvalue weighted by molar-refractivity contribution is -0.132. The van der Waals surface area contributed by atoms with Crippen LogP contribution in [0.2, 0.25) is 0 Å². The van der Waals surface area contributed by atoms with Gasteiger partial charge < -0.3 is 15.3 Å². The molecule has 7 nitrogen and oxygen atoms in total. The lowest BCUT2D eigenvalue weighted by Gasteiger charge is -2.40. The number of aromatic nitrogens is 2. The molecule has 2 aromatic heterocycles. The van der Waals surface area contributed by atoms with Crippen molar-refractivity contribution in [1.82, 2.24) is 15.3 Å². The van der Waals surface area contributed by atoms with E-state index in [1.807, 2.05) is 0 Å². The molecule has 1 aliphatic carbocycles. The Balaban J connectivity index is 1.39. The Hall–Kier alpha value is -3.50. The molecule has 5 rings (SSSR count). The van der Waals surface area contributed by atoms with Gasteiger partial charge in [0.15, 0.2) is 0 Å². The Morgan fingerprint density at radius 2 is 1.97 bits per heavy atom. The third-order valence-electron chi connectivity index (χ3n) is 7.59. The fourth-order valence-corrected chi connectivity index (χ4v) is 5.87. The molecule has 0 spiro atoms. The fraction of sp³-hybridized carbons (Fsp3) is 0.357. The third kappa shape index (κ3) is 4.87. The Labute approximate surface area is 228 Å². The number of anilines is 1. The van der Waals surface area contributed by atoms with Crippen LogP contribution in [0.3, 0.4) is 0 Å². The van der Waals surface area contributed by atoms with Crippen molar-refractivity contribution in [3.05, 3.63) is 89.3 Å². The van der Waals surface area contributed by atoms with Gasteiger partial charge in [-0.1, -0.05) is 18.2 Å². The third-order valence-corrected chi connectivity index (χ3v) is 8.13. The highest BCUT2D eigenvalue weighted by Crippen LogP contribution is 2.46. The molecule has 1 aromatic carbocycles. The zero-order valence-corrected chi connectivity index (χ0v) is 21.7. The van der Waals surface area contributed by atoms with Crippen LogP contribution in [0.4, 0.5) is 18.9 Å². The normalized spacial score (nSPS) is 26.5. The monoisotopic (exact) mass is 558 g/mol. The molecule has 39 heavy (non-hydrogen) atoms. The second-order valence-electron chi connectivity index (χ2n) is 9.97. The number of nitrogens with zero attached hydrogens (tertiary/aromatic N) is 3. The van der Waals surface area contributed by atoms with Gasteiger partial charge in [0.25, 0.3) is 11.8 Å². The van der Waals surface area contributed by atoms with Crippen LogP contribution in [0.5, 0.6) is 0 Å². The van der Waals surface area contributed by atoms with Gasteiger partial charge in [-0.05, 0) is 56.0 Å². The molecule has 2 amide bonds. The summed E-state index contributed by atoms with van der Waals surface area (Å²) in [6.45, 7) is 1.40. The van der Waals surface area contributed by atoms with Crippen molar-refractivity contribution >= 4 is 29.1 Å². The summed E-state index contributed by atoms with van der Waals surface area (Å²) in [5.74, 6) is -3.56. The highest BCUT2D eigenvalue weighted by molar-refractivity contribution is 6.21. The predicted molar refractivity (Wildman–Crippen MR) is 138 cm³/mol. The number of aryl methyl sites for hydroxylation is 1. The first kappa shape index (κ1) is 27.1. The second kappa shape index (κ2) is 10.6. The highest BCUT2D eigenvalue weighted by Gasteiger charge is 2.53. The van der Waals surface area contributed by atoms with Crippen molar-refractivity contribution in [1.29, 1.82) is 0 Å². The van der Waals surface area contributed by atoms with Gasteiger partial charge in [0, 0.05) is 41.8 Å². The van der Waals surface area contributed by atoms with Gasteiger partial charge in [-0.2, -0.15) is 0 Å². The van der Waals surface area contributed by atoms with E-state index in [0.29, 0.717) is 5.69 Å². The zero-order chi connectivity index (χ0) is 27.9. The maximum absolute atomic E-state index is 14.2. The molecule has 0 radical (unpaired) electrons. The number of pyridine rings is 2. The summed E-state index contributed by atoms with van der Waals surface area (Å²) in [6, 6.07) is 11.2. The summed E-state index contributed by atoms with van der Waals surface area (Å²) >= 11 is 6.69. The number of amides is 2. The van der Waals surface area contributed by atoms with Crippen LogP contribution in [-0.4, -0.2) is 51.3 Å². The van der Waals surface area contributed by atoms with Gasteiger partial charge in [0.1, 0.15) is 5.82 Å². The maximum Gasteiger partial charge on any atom is 0.270 e. The van der Waals surface area contributed by atoms with Gasteiger partial charge >= 0.3 is 0 Å². The number of nitrogens with one attached hydrogen (secondary N) is 1. The number of hydrogen-bond acceptors (Lipinski definition) is 5. The minimum atomic E-state index is -2.74. The Morgan fingerprint density at radius 3 is 2.67 bits per heavy atom. The summed E-state index contributed by atoms with van der Waals surface area (Å²) in [5, 5.41) is 13.7. The highest BCUT2D eigenvalue weighted by atomic mass is 35.5. The van der Waals surface area contributed by atoms with E-state index in [9.17, 15) is 27.9 Å². The quantitative estimate of drug-likeness (QED) is 0.442. The van der Waals surface area contributed by atoms with E-state index in [1.54, 1.807) is 36.4 Å². The molecule has 5 atom stereocenters. The number of carbonyl (C=O) groups is 2. The Kier molecular flexibility index (Phi) is 7.35. The number of rotatable bonds is 6. The number of halogens is 4. The van der Waals surface area contributed by atoms with Crippen LogP contribution in [0.25, 0.3) is 0 Å². The van der Waals surface area contributed by atoms with Gasteiger partial charge in [0.05, 0.1) is 22.6 Å². The average molecular weight is 559 g/mol. The van der Waals surface area contributed by atoms with E-state index < -0.39 is 52.9 Å². The largest absolute Gasteiger partial charge is 0.370 e. The SMILES string of the molecule is Cc1nc([C@@]2(O)C(=O)N(C[C@H]3C[C@@H](C(F)F)[C@H](NC(=O)c4cccnc4)C[C@H]3Cl)c3ccccc32)ccc1F. The van der Waals surface area contributed by atoms with Crippen LogP contribution in [0.1, 0.15) is 40.2 Å². The molecule has 0 unspecified atom stereocenters. The van der Waals surface area contributed by atoms with Crippen molar-refractivity contribution in [2.24, 2.45) is 11.8 Å². The van der Waals surface area contributed by atoms with E-state index in [4.69, 9.17) is 11.6 Å². The molecule has 0 bridgehead atoms. The summed E-state index contributed by atoms with van der Waals surface area (Å²) in [5.41, 5.74) is -1.26. The first-order valence-corrected chi connectivity index (χ1v) is 13.0. The van der Waals surface area contributed by atoms with Crippen molar-refractivity contribution < 1.29 is 27.9 Å². The van der Waals surface area contributed by atoms with Crippen LogP contribution in [-0.2, 0) is 10.4 Å². The summed E-state index contributed by atoms with van der Waals surface area (Å²) in [6.07, 6.45) is 0.138. The minimum absolute atomic E-state index is 0.0249. The standard InChI is InChI=1S/C28H26ClF3N4O3/c1-15-21(30)8-9-24(34-15)28(39)19-6-2-3-7-23(19)36(27(28)38)14-17-11-18(25(31)32)22(12-20(17)29)35-26(37)16-5-4-10-33-13-16/h2-10,13,17-18,20,22,25,39H,11-12,14H2,1H3,(H,35,37)/t17-,18-,20-,22-,28-/m1/s1. The van der Waals surface area contributed by atoms with Crippen molar-refractivity contribution in [3.63, 3.8) is 0 Å². The topological polar surface area (TPSA) is 95.4 Å². The lowest BCUT2D eigenvalue weighted by Crippen LogP contribution is -2.52. The molecule has 1 saturated carbocycles. The molecular formula is C28H26ClF3N4O3. The van der Waals surface area contributed by atoms with Crippen LogP contribution in [0.15, 0.2) is 60.9 Å². The smallest absolute Gasteiger partial charge is 0.270 e. The van der Waals surface area contributed by atoms with Gasteiger partial charge in [-0.25, -0.2) is 13.2 Å². The molecule has 2 aliphatic rings. The number of hydrogen-bond donors (Lipinski definition) is 2. The molecule has 1 aliphatic heterocycles. The average Bonchev–Trinajstić information content (AvgIpc) is 3.14.